The number of rotatable bonds is 22. The van der Waals surface area contributed by atoms with E-state index in [0.29, 0.717) is 49.3 Å². The lowest BCUT2D eigenvalue weighted by atomic mass is 10.1. The number of esters is 3. The molecule has 11 nitrogen and oxygen atoms in total. The summed E-state index contributed by atoms with van der Waals surface area (Å²) in [6.45, 7) is 8.53. The number of methoxy groups -OCH3 is 1. The van der Waals surface area contributed by atoms with E-state index in [1.165, 1.54) is 19.3 Å². The van der Waals surface area contributed by atoms with Gasteiger partial charge in [-0.05, 0) is 110 Å². The van der Waals surface area contributed by atoms with E-state index in [-0.39, 0.29) is 11.5 Å². The Bertz CT molecular complexity index is 1660. The monoisotopic (exact) mass is 696 g/mol. The van der Waals surface area contributed by atoms with Crippen molar-refractivity contribution < 1.29 is 42.9 Å². The molecule has 1 amide bonds. The molecule has 0 radical (unpaired) electrons. The minimum Gasteiger partial charge on any atom is -0.494 e. The summed E-state index contributed by atoms with van der Waals surface area (Å²) >= 11 is 0. The third-order valence-corrected chi connectivity index (χ3v) is 7.15. The van der Waals surface area contributed by atoms with Crippen molar-refractivity contribution in [3.05, 3.63) is 115 Å². The van der Waals surface area contributed by atoms with Crippen molar-refractivity contribution >= 4 is 47.5 Å². The van der Waals surface area contributed by atoms with E-state index in [9.17, 15) is 19.2 Å². The van der Waals surface area contributed by atoms with Gasteiger partial charge in [-0.25, -0.2) is 14.4 Å². The number of anilines is 1. The van der Waals surface area contributed by atoms with Crippen molar-refractivity contribution in [2.45, 2.75) is 38.5 Å². The second kappa shape index (κ2) is 22.6. The fourth-order valence-electron chi connectivity index (χ4n) is 4.43. The molecule has 1 N–H and O–H groups in total. The van der Waals surface area contributed by atoms with E-state index in [1.54, 1.807) is 24.4 Å². The molecular formula is C40H44N2O9. The second-order valence-corrected chi connectivity index (χ2v) is 11.0. The van der Waals surface area contributed by atoms with Crippen LogP contribution in [0.25, 0.3) is 6.08 Å². The number of amides is 1. The molecule has 0 fully saturated rings. The van der Waals surface area contributed by atoms with Crippen molar-refractivity contribution in [1.82, 2.24) is 0 Å². The molecule has 3 rings (SSSR count). The molecule has 11 heteroatoms. The third kappa shape index (κ3) is 15.4. The van der Waals surface area contributed by atoms with Crippen LogP contribution in [0.4, 0.5) is 11.4 Å². The molecule has 0 saturated heterocycles. The highest BCUT2D eigenvalue weighted by molar-refractivity contribution is 6.04. The Kier molecular flexibility index (Phi) is 17.5. The Morgan fingerprint density at radius 2 is 1.22 bits per heavy atom. The Balaban J connectivity index is 1.46. The van der Waals surface area contributed by atoms with Crippen LogP contribution >= 0.6 is 0 Å². The maximum atomic E-state index is 12.7. The summed E-state index contributed by atoms with van der Waals surface area (Å²) in [5.74, 6) is -0.374. The highest BCUT2D eigenvalue weighted by Crippen LogP contribution is 2.25. The van der Waals surface area contributed by atoms with E-state index in [0.717, 1.165) is 61.8 Å². The van der Waals surface area contributed by atoms with Gasteiger partial charge >= 0.3 is 17.9 Å². The van der Waals surface area contributed by atoms with Crippen molar-refractivity contribution in [3.63, 3.8) is 0 Å². The number of carbonyl (C=O) groups is 4. The maximum Gasteiger partial charge on any atom is 0.340 e. The molecule has 0 aliphatic carbocycles. The fourth-order valence-corrected chi connectivity index (χ4v) is 4.43. The van der Waals surface area contributed by atoms with Crippen molar-refractivity contribution in [2.75, 3.05) is 38.9 Å². The van der Waals surface area contributed by atoms with Crippen LogP contribution in [-0.4, -0.2) is 63.6 Å². The van der Waals surface area contributed by atoms with Crippen molar-refractivity contribution in [3.8, 4) is 11.5 Å². The number of carbonyl (C=O) groups excluding carboxylic acids is 4. The summed E-state index contributed by atoms with van der Waals surface area (Å²) in [5.41, 5.74) is 2.59. The predicted octanol–water partition coefficient (Wildman–Crippen LogP) is 7.43. The van der Waals surface area contributed by atoms with Gasteiger partial charge < -0.3 is 29.0 Å². The van der Waals surface area contributed by atoms with Gasteiger partial charge in [-0.3, -0.25) is 9.79 Å². The number of hydrogen-bond donors (Lipinski definition) is 1. The lowest BCUT2D eigenvalue weighted by molar-refractivity contribution is -0.138. The molecule has 51 heavy (non-hydrogen) atoms. The first-order chi connectivity index (χ1) is 24.8. The quantitative estimate of drug-likeness (QED) is 0.0374. The highest BCUT2D eigenvalue weighted by atomic mass is 16.5. The fraction of sp³-hybridized carbons (Fsp3) is 0.275. The van der Waals surface area contributed by atoms with Crippen molar-refractivity contribution in [1.29, 1.82) is 0 Å². The number of nitrogens with one attached hydrogen (secondary N) is 1. The normalized spacial score (nSPS) is 10.8. The summed E-state index contributed by atoms with van der Waals surface area (Å²) in [6.07, 6.45) is 11.9. The van der Waals surface area contributed by atoms with Gasteiger partial charge in [-0.2, -0.15) is 0 Å². The second-order valence-electron chi connectivity index (χ2n) is 11.0. The molecule has 0 aromatic heterocycles. The number of aliphatic imine (C=N–C) groups is 1. The Labute approximate surface area is 298 Å². The Morgan fingerprint density at radius 1 is 0.686 bits per heavy atom. The van der Waals surface area contributed by atoms with Crippen molar-refractivity contribution in [2.24, 2.45) is 4.99 Å². The summed E-state index contributed by atoms with van der Waals surface area (Å²) in [4.78, 5) is 51.8. The van der Waals surface area contributed by atoms with Crippen LogP contribution in [0, 0.1) is 0 Å². The van der Waals surface area contributed by atoms with Crippen LogP contribution in [0.3, 0.4) is 0 Å². The number of nitrogens with zero attached hydrogens (tertiary/aromatic N) is 1. The van der Waals surface area contributed by atoms with Gasteiger partial charge in [0.1, 0.15) is 11.5 Å². The summed E-state index contributed by atoms with van der Waals surface area (Å²) in [6, 6.07) is 19.5. The van der Waals surface area contributed by atoms with Gasteiger partial charge in [-0.15, -0.1) is 0 Å². The molecular weight excluding hydrogens is 652 g/mol. The molecule has 0 spiro atoms. The van der Waals surface area contributed by atoms with Crippen LogP contribution in [0.1, 0.15) is 60.0 Å². The third-order valence-electron chi connectivity index (χ3n) is 7.15. The SMILES string of the molecule is C=CC(=O)OCCCCCOc1ccc(/C=C/C(=O)Nc2ccc(/N=C/c3ccc(OCCCCCOC(=O)C=C)cc3)c(C(=O)OC)c2)cc1. The molecule has 3 aromatic carbocycles. The maximum absolute atomic E-state index is 12.7. The van der Waals surface area contributed by atoms with E-state index in [1.807, 2.05) is 48.5 Å². The van der Waals surface area contributed by atoms with E-state index in [2.05, 4.69) is 23.5 Å². The van der Waals surface area contributed by atoms with Gasteiger partial charge in [0.2, 0.25) is 5.91 Å². The minimum atomic E-state index is -0.590. The molecule has 0 aliphatic rings. The molecule has 0 saturated carbocycles. The zero-order valence-corrected chi connectivity index (χ0v) is 28.8. The minimum absolute atomic E-state index is 0.196. The van der Waals surface area contributed by atoms with Gasteiger partial charge in [0.05, 0.1) is 44.8 Å². The first-order valence-electron chi connectivity index (χ1n) is 16.6. The van der Waals surface area contributed by atoms with Crippen LogP contribution in [-0.2, 0) is 28.6 Å². The number of unbranched alkanes of at least 4 members (excludes halogenated alkanes) is 4. The van der Waals surface area contributed by atoms with Gasteiger partial charge in [-0.1, -0.05) is 25.3 Å². The molecule has 0 unspecified atom stereocenters. The Morgan fingerprint density at radius 3 is 1.75 bits per heavy atom. The largest absolute Gasteiger partial charge is 0.494 e. The van der Waals surface area contributed by atoms with Crippen LogP contribution in [0.15, 0.2) is 103 Å². The smallest absolute Gasteiger partial charge is 0.340 e. The Hall–Kier alpha value is -5.97. The van der Waals surface area contributed by atoms with E-state index in [4.69, 9.17) is 23.7 Å². The summed E-state index contributed by atoms with van der Waals surface area (Å²) in [5, 5.41) is 2.77. The summed E-state index contributed by atoms with van der Waals surface area (Å²) < 4.78 is 26.4. The number of ether oxygens (including phenoxy) is 5. The van der Waals surface area contributed by atoms with Gasteiger partial charge in [0.15, 0.2) is 0 Å². The van der Waals surface area contributed by atoms with Gasteiger partial charge in [0.25, 0.3) is 0 Å². The van der Waals surface area contributed by atoms with Crippen LogP contribution in [0.5, 0.6) is 11.5 Å². The average molecular weight is 697 g/mol. The van der Waals surface area contributed by atoms with Crippen LogP contribution in [0.2, 0.25) is 0 Å². The van der Waals surface area contributed by atoms with Gasteiger partial charge in [0, 0.05) is 30.1 Å². The topological polar surface area (TPSA) is 139 Å². The first kappa shape index (κ1) is 39.5. The molecule has 0 aliphatic heterocycles. The standard InChI is InChI=1S/C40H44N2O9/c1-4-38(44)50-26-10-6-8-24-48-33-18-12-30(13-19-33)16-23-37(43)42-32-17-22-36(35(28-32)40(46)47-3)41-29-31-14-20-34(21-15-31)49-25-9-7-11-27-51-39(45)5-2/h4-5,12-23,28-29H,1-2,6-11,24-27H2,3H3,(H,42,43)/b23-16+,41-29+. The lowest BCUT2D eigenvalue weighted by Crippen LogP contribution is -2.09. The highest BCUT2D eigenvalue weighted by Gasteiger charge is 2.13. The molecule has 268 valence electrons. The first-order valence-corrected chi connectivity index (χ1v) is 16.6. The molecule has 3 aromatic rings. The zero-order valence-electron chi connectivity index (χ0n) is 28.8. The number of benzene rings is 3. The molecule has 0 bridgehead atoms. The van der Waals surface area contributed by atoms with Crippen LogP contribution < -0.4 is 14.8 Å². The molecule has 0 atom stereocenters. The lowest BCUT2D eigenvalue weighted by Gasteiger charge is -2.08. The van der Waals surface area contributed by atoms with E-state index >= 15 is 0 Å². The average Bonchev–Trinajstić information content (AvgIpc) is 3.16. The molecule has 0 heterocycles. The zero-order chi connectivity index (χ0) is 36.7. The number of hydrogen-bond acceptors (Lipinski definition) is 10. The predicted molar refractivity (Wildman–Crippen MR) is 197 cm³/mol. The van der Waals surface area contributed by atoms with E-state index < -0.39 is 17.9 Å². The summed E-state index contributed by atoms with van der Waals surface area (Å²) in [7, 11) is 1.28.